The molecule has 0 bridgehead atoms. The van der Waals surface area contributed by atoms with E-state index < -0.39 is 0 Å². The lowest BCUT2D eigenvalue weighted by Crippen LogP contribution is -2.12. The van der Waals surface area contributed by atoms with Crippen molar-refractivity contribution in [2.24, 2.45) is 23.2 Å². The van der Waals surface area contributed by atoms with Gasteiger partial charge in [-0.15, -0.1) is 5.73 Å². The van der Waals surface area contributed by atoms with Gasteiger partial charge >= 0.3 is 0 Å². The van der Waals surface area contributed by atoms with E-state index in [0.717, 1.165) is 23.2 Å². The molecule has 4 aliphatic carbocycles. The summed E-state index contributed by atoms with van der Waals surface area (Å²) < 4.78 is 0. The lowest BCUT2D eigenvalue weighted by Gasteiger charge is -2.24. The van der Waals surface area contributed by atoms with Crippen molar-refractivity contribution >= 4 is 0 Å². The normalized spacial score (nSPS) is 51.2. The topological polar surface area (TPSA) is 0 Å². The first-order chi connectivity index (χ1) is 6.43. The molecule has 3 unspecified atom stereocenters. The van der Waals surface area contributed by atoms with Gasteiger partial charge in [0.15, 0.2) is 0 Å². The van der Waals surface area contributed by atoms with E-state index in [1.54, 1.807) is 5.57 Å². The number of rotatable bonds is 1. The number of allylic oxidation sites excluding steroid dienone is 1. The summed E-state index contributed by atoms with van der Waals surface area (Å²) in [6.07, 6.45) is 11.3. The van der Waals surface area contributed by atoms with Crippen molar-refractivity contribution in [3.05, 3.63) is 17.4 Å². The van der Waals surface area contributed by atoms with E-state index in [4.69, 9.17) is 0 Å². The van der Waals surface area contributed by atoms with E-state index in [-0.39, 0.29) is 0 Å². The van der Waals surface area contributed by atoms with Gasteiger partial charge in [-0.1, -0.05) is 19.3 Å². The van der Waals surface area contributed by atoms with Crippen LogP contribution in [0.3, 0.4) is 0 Å². The highest BCUT2D eigenvalue weighted by Gasteiger charge is 2.81. The molecule has 0 heterocycles. The summed E-state index contributed by atoms with van der Waals surface area (Å²) in [6, 6.07) is 0. The van der Waals surface area contributed by atoms with E-state index in [9.17, 15) is 0 Å². The summed E-state index contributed by atoms with van der Waals surface area (Å²) in [6.45, 7) is 0. The molecule has 1 spiro atoms. The molecular weight excluding hydrogens is 156 g/mol. The first-order valence-corrected chi connectivity index (χ1v) is 5.90. The minimum atomic E-state index is 0.752. The molecular formula is C13H16. The van der Waals surface area contributed by atoms with Crippen LogP contribution in [0.2, 0.25) is 0 Å². The Bertz CT molecular complexity index is 326. The fourth-order valence-electron chi connectivity index (χ4n) is 3.92. The number of fused-ring (bicyclic) bond motifs is 1. The van der Waals surface area contributed by atoms with Gasteiger partial charge in [0.25, 0.3) is 0 Å². The summed E-state index contributed by atoms with van der Waals surface area (Å²) in [4.78, 5) is 0. The van der Waals surface area contributed by atoms with Gasteiger partial charge in [0.1, 0.15) is 0 Å². The van der Waals surface area contributed by atoms with E-state index >= 15 is 0 Å². The van der Waals surface area contributed by atoms with Gasteiger partial charge < -0.3 is 0 Å². The molecule has 3 saturated carbocycles. The highest BCUT2D eigenvalue weighted by atomic mass is 14.8. The Hall–Kier alpha value is -0.480. The smallest absolute Gasteiger partial charge is 0.0100 e. The third kappa shape index (κ3) is 0.668. The Kier molecular flexibility index (Phi) is 1.04. The predicted molar refractivity (Wildman–Crippen MR) is 52.2 cm³/mol. The van der Waals surface area contributed by atoms with E-state index in [0.29, 0.717) is 0 Å². The van der Waals surface area contributed by atoms with Crippen molar-refractivity contribution in [3.63, 3.8) is 0 Å². The van der Waals surface area contributed by atoms with Crippen LogP contribution in [0.1, 0.15) is 38.5 Å². The van der Waals surface area contributed by atoms with Crippen molar-refractivity contribution in [1.29, 1.82) is 0 Å². The van der Waals surface area contributed by atoms with Crippen LogP contribution in [0.25, 0.3) is 0 Å². The average Bonchev–Trinajstić information content (AvgIpc) is 3.00. The molecule has 0 aromatic heterocycles. The zero-order chi connectivity index (χ0) is 8.47. The van der Waals surface area contributed by atoms with Gasteiger partial charge in [-0.3, -0.25) is 0 Å². The number of hydrogen-bond donors (Lipinski definition) is 0. The third-order valence-electron chi connectivity index (χ3n) is 4.91. The first-order valence-electron chi connectivity index (χ1n) is 5.90. The van der Waals surface area contributed by atoms with Gasteiger partial charge in [-0.05, 0) is 48.7 Å². The first kappa shape index (κ1) is 6.90. The van der Waals surface area contributed by atoms with Crippen LogP contribution >= 0.6 is 0 Å². The average molecular weight is 172 g/mol. The SMILES string of the molecule is C1=CC2C3CC23C=1C1CCCCC1. The van der Waals surface area contributed by atoms with Crippen molar-refractivity contribution in [2.75, 3.05) is 0 Å². The second kappa shape index (κ2) is 1.96. The van der Waals surface area contributed by atoms with Crippen molar-refractivity contribution in [3.8, 4) is 0 Å². The molecule has 0 radical (unpaired) electrons. The zero-order valence-corrected chi connectivity index (χ0v) is 8.05. The molecule has 0 saturated heterocycles. The fraction of sp³-hybridized carbons (Fsp3) is 0.769. The van der Waals surface area contributed by atoms with Crippen LogP contribution in [0.15, 0.2) is 17.4 Å². The largest absolute Gasteiger partial charge is 0.125 e. The highest BCUT2D eigenvalue weighted by molar-refractivity contribution is 5.49. The summed E-state index contributed by atoms with van der Waals surface area (Å²) >= 11 is 0. The second-order valence-corrected chi connectivity index (χ2v) is 5.44. The predicted octanol–water partition coefficient (Wildman–Crippen LogP) is 3.30. The molecule has 0 N–H and O–H groups in total. The quantitative estimate of drug-likeness (QED) is 0.532. The Balaban J connectivity index is 1.63. The Labute approximate surface area is 79.7 Å². The Morgan fingerprint density at radius 2 is 2.08 bits per heavy atom. The van der Waals surface area contributed by atoms with Gasteiger partial charge in [0.2, 0.25) is 0 Å². The van der Waals surface area contributed by atoms with Crippen LogP contribution in [0.5, 0.6) is 0 Å². The molecule has 0 aromatic rings. The molecule has 3 atom stereocenters. The van der Waals surface area contributed by atoms with Crippen LogP contribution in [-0.4, -0.2) is 0 Å². The monoisotopic (exact) mass is 172 g/mol. The Morgan fingerprint density at radius 1 is 1.23 bits per heavy atom. The van der Waals surface area contributed by atoms with Gasteiger partial charge in [0, 0.05) is 5.41 Å². The van der Waals surface area contributed by atoms with Crippen molar-refractivity contribution in [2.45, 2.75) is 38.5 Å². The van der Waals surface area contributed by atoms with Crippen LogP contribution in [0, 0.1) is 23.2 Å². The maximum absolute atomic E-state index is 3.60. The molecule has 0 amide bonds. The number of hydrogen-bond acceptors (Lipinski definition) is 0. The summed E-state index contributed by atoms with van der Waals surface area (Å²) in [5, 5.41) is 0. The summed E-state index contributed by atoms with van der Waals surface area (Å²) in [5.41, 5.74) is 6.12. The van der Waals surface area contributed by atoms with Gasteiger partial charge in [-0.2, -0.15) is 0 Å². The molecule has 4 aliphatic rings. The van der Waals surface area contributed by atoms with Crippen LogP contribution in [0.4, 0.5) is 0 Å². The van der Waals surface area contributed by atoms with Crippen molar-refractivity contribution < 1.29 is 0 Å². The fourth-order valence-corrected chi connectivity index (χ4v) is 3.92. The lowest BCUT2D eigenvalue weighted by molar-refractivity contribution is 0.379. The molecule has 0 heteroatoms. The highest BCUT2D eigenvalue weighted by Crippen LogP contribution is 2.86. The van der Waals surface area contributed by atoms with Crippen LogP contribution < -0.4 is 0 Å². The van der Waals surface area contributed by atoms with Crippen molar-refractivity contribution in [1.82, 2.24) is 0 Å². The standard InChI is InChI=1S/C13H16/c1-2-4-9(5-3-1)10-6-7-11-12-8-13(10,11)12/h7,9,11-12H,1-5,8H2. The molecule has 68 valence electrons. The molecule has 4 rings (SSSR count). The van der Waals surface area contributed by atoms with E-state index in [2.05, 4.69) is 11.8 Å². The molecule has 3 fully saturated rings. The molecule has 0 nitrogen and oxygen atoms in total. The molecule has 13 heavy (non-hydrogen) atoms. The Morgan fingerprint density at radius 3 is 2.69 bits per heavy atom. The summed E-state index contributed by atoms with van der Waals surface area (Å²) in [7, 11) is 0. The molecule has 0 aromatic carbocycles. The zero-order valence-electron chi connectivity index (χ0n) is 8.05. The third-order valence-corrected chi connectivity index (χ3v) is 4.91. The summed E-state index contributed by atoms with van der Waals surface area (Å²) in [5.74, 6) is 3.03. The maximum atomic E-state index is 3.60. The van der Waals surface area contributed by atoms with E-state index in [1.807, 2.05) is 0 Å². The van der Waals surface area contributed by atoms with Gasteiger partial charge in [0.05, 0.1) is 0 Å². The minimum absolute atomic E-state index is 0.752. The lowest BCUT2D eigenvalue weighted by atomic mass is 9.80. The minimum Gasteiger partial charge on any atom is -0.125 e. The maximum Gasteiger partial charge on any atom is 0.0100 e. The molecule has 0 aliphatic heterocycles. The van der Waals surface area contributed by atoms with E-state index in [1.165, 1.54) is 38.5 Å². The second-order valence-electron chi connectivity index (χ2n) is 5.44. The van der Waals surface area contributed by atoms with Gasteiger partial charge in [-0.25, -0.2) is 0 Å². The van der Waals surface area contributed by atoms with Crippen LogP contribution in [-0.2, 0) is 0 Å².